The van der Waals surface area contributed by atoms with Gasteiger partial charge in [0.2, 0.25) is 0 Å². The summed E-state index contributed by atoms with van der Waals surface area (Å²) in [5.74, 6) is 0.673. The summed E-state index contributed by atoms with van der Waals surface area (Å²) in [4.78, 5) is 0. The fourth-order valence-electron chi connectivity index (χ4n) is 1.31. The summed E-state index contributed by atoms with van der Waals surface area (Å²) in [5.41, 5.74) is -0.725. The Balaban J connectivity index is 3.04. The van der Waals surface area contributed by atoms with E-state index in [0.29, 0.717) is 11.5 Å². The lowest BCUT2D eigenvalue weighted by molar-refractivity contribution is 0.0952. The third kappa shape index (κ3) is 5.07. The Morgan fingerprint density at radius 1 is 0.824 bits per heavy atom. The van der Waals surface area contributed by atoms with Crippen molar-refractivity contribution in [3.05, 3.63) is 24.0 Å². The van der Waals surface area contributed by atoms with Gasteiger partial charge in [0.25, 0.3) is 0 Å². The maximum absolute atomic E-state index is 13.2. The Morgan fingerprint density at radius 3 is 1.76 bits per heavy atom. The van der Waals surface area contributed by atoms with Crippen LogP contribution in [0.5, 0.6) is 11.5 Å². The molecule has 0 radical (unpaired) electrons. The standard InChI is InChI=1S/C14H21FO2/c1-13(2,3)16-11-8-7-10(15)9-12(11)17-14(4,5)6/h7-9H,1-6H3. The van der Waals surface area contributed by atoms with Crippen molar-refractivity contribution >= 4 is 0 Å². The average molecular weight is 240 g/mol. The largest absolute Gasteiger partial charge is 0.484 e. The van der Waals surface area contributed by atoms with E-state index in [4.69, 9.17) is 9.47 Å². The molecule has 0 aliphatic heterocycles. The Labute approximate surface area is 103 Å². The molecule has 3 heteroatoms. The molecular weight excluding hydrogens is 219 g/mol. The highest BCUT2D eigenvalue weighted by Crippen LogP contribution is 2.33. The molecule has 0 fully saturated rings. The number of ether oxygens (including phenoxy) is 2. The van der Waals surface area contributed by atoms with Crippen molar-refractivity contribution < 1.29 is 13.9 Å². The van der Waals surface area contributed by atoms with Gasteiger partial charge in [-0.2, -0.15) is 0 Å². The molecule has 0 heterocycles. The second-order valence-electron chi connectivity index (χ2n) is 6.02. The molecule has 0 bridgehead atoms. The van der Waals surface area contributed by atoms with Gasteiger partial charge in [0.1, 0.15) is 17.0 Å². The normalized spacial score (nSPS) is 12.4. The molecular formula is C14H21FO2. The zero-order valence-corrected chi connectivity index (χ0v) is 11.4. The minimum absolute atomic E-state index is 0.328. The van der Waals surface area contributed by atoms with Gasteiger partial charge >= 0.3 is 0 Å². The maximum Gasteiger partial charge on any atom is 0.164 e. The maximum atomic E-state index is 13.2. The van der Waals surface area contributed by atoms with Gasteiger partial charge in [-0.15, -0.1) is 0 Å². The van der Waals surface area contributed by atoms with Crippen LogP contribution in [0.1, 0.15) is 41.5 Å². The highest BCUT2D eigenvalue weighted by molar-refractivity contribution is 5.40. The van der Waals surface area contributed by atoms with Crippen molar-refractivity contribution in [1.29, 1.82) is 0 Å². The van der Waals surface area contributed by atoms with Gasteiger partial charge in [-0.1, -0.05) is 0 Å². The first-order valence-electron chi connectivity index (χ1n) is 5.74. The van der Waals surface area contributed by atoms with Crippen LogP contribution in [-0.4, -0.2) is 11.2 Å². The lowest BCUT2D eigenvalue weighted by Gasteiger charge is -2.27. The molecule has 0 aromatic heterocycles. The number of benzene rings is 1. The van der Waals surface area contributed by atoms with E-state index in [2.05, 4.69) is 0 Å². The smallest absolute Gasteiger partial charge is 0.164 e. The van der Waals surface area contributed by atoms with Crippen LogP contribution in [0.25, 0.3) is 0 Å². The Kier molecular flexibility index (Phi) is 3.70. The van der Waals surface area contributed by atoms with E-state index in [-0.39, 0.29) is 17.0 Å². The van der Waals surface area contributed by atoms with Gasteiger partial charge in [0, 0.05) is 6.07 Å². The van der Waals surface area contributed by atoms with Crippen LogP contribution in [0.15, 0.2) is 18.2 Å². The second-order valence-corrected chi connectivity index (χ2v) is 6.02. The quantitative estimate of drug-likeness (QED) is 0.772. The fraction of sp³-hybridized carbons (Fsp3) is 0.571. The van der Waals surface area contributed by atoms with Crippen LogP contribution in [0.2, 0.25) is 0 Å². The Hall–Kier alpha value is -1.25. The van der Waals surface area contributed by atoms with E-state index in [9.17, 15) is 4.39 Å². The van der Waals surface area contributed by atoms with E-state index >= 15 is 0 Å². The molecule has 0 amide bonds. The van der Waals surface area contributed by atoms with Crippen molar-refractivity contribution in [1.82, 2.24) is 0 Å². The van der Waals surface area contributed by atoms with Crippen molar-refractivity contribution in [2.75, 3.05) is 0 Å². The predicted molar refractivity (Wildman–Crippen MR) is 67.2 cm³/mol. The molecule has 96 valence electrons. The summed E-state index contributed by atoms with van der Waals surface area (Å²) in [6, 6.07) is 4.32. The molecule has 1 aromatic rings. The topological polar surface area (TPSA) is 18.5 Å². The molecule has 0 spiro atoms. The summed E-state index contributed by atoms with van der Waals surface area (Å²) >= 11 is 0. The Bertz CT molecular complexity index is 386. The minimum Gasteiger partial charge on any atom is -0.484 e. The lowest BCUT2D eigenvalue weighted by atomic mass is 10.1. The number of halogens is 1. The molecule has 0 N–H and O–H groups in total. The summed E-state index contributed by atoms with van der Waals surface area (Å²) in [6.45, 7) is 11.6. The molecule has 0 aliphatic rings. The second kappa shape index (κ2) is 4.55. The van der Waals surface area contributed by atoms with Crippen molar-refractivity contribution in [2.24, 2.45) is 0 Å². The first kappa shape index (κ1) is 13.8. The minimum atomic E-state index is -0.385. The number of hydrogen-bond donors (Lipinski definition) is 0. The van der Waals surface area contributed by atoms with Crippen LogP contribution >= 0.6 is 0 Å². The predicted octanol–water partition coefficient (Wildman–Crippen LogP) is 4.18. The molecule has 1 aromatic carbocycles. The number of hydrogen-bond acceptors (Lipinski definition) is 2. The SMILES string of the molecule is CC(C)(C)Oc1ccc(F)cc1OC(C)(C)C. The van der Waals surface area contributed by atoms with Gasteiger partial charge in [0.15, 0.2) is 11.5 Å². The van der Waals surface area contributed by atoms with Gasteiger partial charge in [-0.05, 0) is 53.7 Å². The molecule has 0 atom stereocenters. The zero-order valence-electron chi connectivity index (χ0n) is 11.4. The van der Waals surface area contributed by atoms with Gasteiger partial charge in [-0.3, -0.25) is 0 Å². The third-order valence-electron chi connectivity index (χ3n) is 1.74. The van der Waals surface area contributed by atoms with Gasteiger partial charge in [0.05, 0.1) is 0 Å². The molecule has 17 heavy (non-hydrogen) atoms. The van der Waals surface area contributed by atoms with E-state index in [1.54, 1.807) is 6.07 Å². The average Bonchev–Trinajstić information content (AvgIpc) is 2.05. The highest BCUT2D eigenvalue weighted by Gasteiger charge is 2.19. The lowest BCUT2D eigenvalue weighted by Crippen LogP contribution is -2.26. The molecule has 2 nitrogen and oxygen atoms in total. The van der Waals surface area contributed by atoms with Crippen molar-refractivity contribution in [2.45, 2.75) is 52.7 Å². The summed E-state index contributed by atoms with van der Waals surface area (Å²) in [5, 5.41) is 0. The molecule has 0 saturated heterocycles. The summed E-state index contributed by atoms with van der Waals surface area (Å²) in [7, 11) is 0. The van der Waals surface area contributed by atoms with Crippen LogP contribution in [0.4, 0.5) is 4.39 Å². The molecule has 0 aliphatic carbocycles. The van der Waals surface area contributed by atoms with Crippen molar-refractivity contribution in [3.63, 3.8) is 0 Å². The molecule has 1 rings (SSSR count). The van der Waals surface area contributed by atoms with Crippen LogP contribution in [-0.2, 0) is 0 Å². The monoisotopic (exact) mass is 240 g/mol. The van der Waals surface area contributed by atoms with Gasteiger partial charge < -0.3 is 9.47 Å². The van der Waals surface area contributed by atoms with Gasteiger partial charge in [-0.25, -0.2) is 4.39 Å². The number of rotatable bonds is 2. The zero-order chi connectivity index (χ0) is 13.3. The third-order valence-corrected chi connectivity index (χ3v) is 1.74. The highest BCUT2D eigenvalue weighted by atomic mass is 19.1. The van der Waals surface area contributed by atoms with E-state index in [1.165, 1.54) is 12.1 Å². The van der Waals surface area contributed by atoms with E-state index in [0.717, 1.165) is 0 Å². The Morgan fingerprint density at radius 2 is 1.29 bits per heavy atom. The summed E-state index contributed by atoms with van der Waals surface area (Å²) < 4.78 is 24.7. The summed E-state index contributed by atoms with van der Waals surface area (Å²) in [6.07, 6.45) is 0. The van der Waals surface area contributed by atoms with E-state index < -0.39 is 0 Å². The van der Waals surface area contributed by atoms with Crippen LogP contribution in [0, 0.1) is 5.82 Å². The van der Waals surface area contributed by atoms with Crippen molar-refractivity contribution in [3.8, 4) is 11.5 Å². The van der Waals surface area contributed by atoms with Crippen LogP contribution < -0.4 is 9.47 Å². The fourth-order valence-corrected chi connectivity index (χ4v) is 1.31. The first-order valence-corrected chi connectivity index (χ1v) is 5.74. The van der Waals surface area contributed by atoms with Crippen LogP contribution in [0.3, 0.4) is 0 Å². The first-order chi connectivity index (χ1) is 7.57. The van der Waals surface area contributed by atoms with E-state index in [1.807, 2.05) is 41.5 Å². The molecule has 0 saturated carbocycles. The molecule has 0 unspecified atom stereocenters.